The third-order valence-electron chi connectivity index (χ3n) is 4.27. The first-order chi connectivity index (χ1) is 12.2. The molecule has 5 heteroatoms. The Balaban J connectivity index is 1.71. The van der Waals surface area contributed by atoms with Gasteiger partial charge in [-0.15, -0.1) is 0 Å². The van der Waals surface area contributed by atoms with Gasteiger partial charge in [0.25, 0.3) is 0 Å². The largest absolute Gasteiger partial charge is 0.493 e. The second-order valence-electron chi connectivity index (χ2n) is 5.86. The average molecular weight is 335 g/mol. The SMILES string of the molecule is COc1cc(C(=O)C(C)=Cc2c[nH]c3ccccc23)cc2c1OCO2. The quantitative estimate of drug-likeness (QED) is 0.574. The Morgan fingerprint density at radius 2 is 2.08 bits per heavy atom. The van der Waals surface area contributed by atoms with E-state index >= 15 is 0 Å². The van der Waals surface area contributed by atoms with Crippen molar-refractivity contribution in [3.8, 4) is 17.2 Å². The molecule has 1 aliphatic heterocycles. The Hall–Kier alpha value is -3.21. The molecule has 25 heavy (non-hydrogen) atoms. The molecule has 0 unspecified atom stereocenters. The Morgan fingerprint density at radius 1 is 1.24 bits per heavy atom. The van der Waals surface area contributed by atoms with E-state index in [1.807, 2.05) is 36.5 Å². The van der Waals surface area contributed by atoms with Crippen molar-refractivity contribution in [2.75, 3.05) is 13.9 Å². The average Bonchev–Trinajstić information content (AvgIpc) is 3.27. The van der Waals surface area contributed by atoms with Gasteiger partial charge in [-0.05, 0) is 36.8 Å². The number of benzene rings is 2. The number of allylic oxidation sites excluding steroid dienone is 1. The van der Waals surface area contributed by atoms with Crippen molar-refractivity contribution in [3.05, 3.63) is 59.3 Å². The molecule has 1 N–H and O–H groups in total. The van der Waals surface area contributed by atoms with Crippen molar-refractivity contribution in [3.63, 3.8) is 0 Å². The molecule has 0 radical (unpaired) electrons. The van der Waals surface area contributed by atoms with Gasteiger partial charge in [-0.2, -0.15) is 0 Å². The van der Waals surface area contributed by atoms with Crippen LogP contribution in [0.3, 0.4) is 0 Å². The van der Waals surface area contributed by atoms with Crippen LogP contribution in [0.15, 0.2) is 48.2 Å². The van der Waals surface area contributed by atoms with E-state index < -0.39 is 0 Å². The standard InChI is InChI=1S/C20H17NO4/c1-12(7-14-10-21-16-6-4-3-5-15(14)16)19(22)13-8-17(23-2)20-18(9-13)24-11-25-20/h3-10,21H,11H2,1-2H3. The maximum atomic E-state index is 12.8. The molecule has 0 bridgehead atoms. The van der Waals surface area contributed by atoms with Gasteiger partial charge in [-0.1, -0.05) is 18.2 Å². The molecule has 0 spiro atoms. The monoisotopic (exact) mass is 335 g/mol. The van der Waals surface area contributed by atoms with Crippen LogP contribution in [0.5, 0.6) is 17.2 Å². The summed E-state index contributed by atoms with van der Waals surface area (Å²) < 4.78 is 16.1. The zero-order chi connectivity index (χ0) is 17.4. The fraction of sp³-hybridized carbons (Fsp3) is 0.150. The maximum Gasteiger partial charge on any atom is 0.231 e. The predicted molar refractivity (Wildman–Crippen MR) is 95.4 cm³/mol. The minimum atomic E-state index is -0.0816. The van der Waals surface area contributed by atoms with Gasteiger partial charge in [0, 0.05) is 28.2 Å². The second-order valence-corrected chi connectivity index (χ2v) is 5.86. The Labute approximate surface area is 144 Å². The van der Waals surface area contributed by atoms with Gasteiger partial charge in [0.15, 0.2) is 17.3 Å². The van der Waals surface area contributed by atoms with E-state index in [-0.39, 0.29) is 12.6 Å². The van der Waals surface area contributed by atoms with Crippen molar-refractivity contribution in [1.29, 1.82) is 0 Å². The van der Waals surface area contributed by atoms with E-state index in [4.69, 9.17) is 14.2 Å². The first-order valence-corrected chi connectivity index (χ1v) is 7.94. The summed E-state index contributed by atoms with van der Waals surface area (Å²) in [7, 11) is 1.54. The lowest BCUT2D eigenvalue weighted by atomic mass is 10.0. The maximum absolute atomic E-state index is 12.8. The third kappa shape index (κ3) is 2.63. The molecular weight excluding hydrogens is 318 g/mol. The number of aromatic nitrogens is 1. The fourth-order valence-corrected chi connectivity index (χ4v) is 3.00. The van der Waals surface area contributed by atoms with Crippen molar-refractivity contribution >= 4 is 22.8 Å². The summed E-state index contributed by atoms with van der Waals surface area (Å²) in [6.07, 6.45) is 3.79. The third-order valence-corrected chi connectivity index (χ3v) is 4.27. The highest BCUT2D eigenvalue weighted by Crippen LogP contribution is 2.42. The predicted octanol–water partition coefficient (Wildman–Crippen LogP) is 4.19. The highest BCUT2D eigenvalue weighted by molar-refractivity contribution is 6.12. The smallest absolute Gasteiger partial charge is 0.231 e. The van der Waals surface area contributed by atoms with Gasteiger partial charge in [-0.25, -0.2) is 0 Å². The number of fused-ring (bicyclic) bond motifs is 2. The molecule has 1 aliphatic rings. The van der Waals surface area contributed by atoms with Crippen LogP contribution in [-0.4, -0.2) is 24.7 Å². The molecule has 0 atom stereocenters. The minimum absolute atomic E-state index is 0.0816. The number of rotatable bonds is 4. The lowest BCUT2D eigenvalue weighted by Gasteiger charge is -2.08. The molecule has 1 aromatic heterocycles. The number of para-hydroxylation sites is 1. The van der Waals surface area contributed by atoms with Crippen molar-refractivity contribution in [1.82, 2.24) is 4.98 Å². The van der Waals surface area contributed by atoms with Gasteiger partial charge in [-0.3, -0.25) is 4.79 Å². The number of carbonyl (C=O) groups is 1. The first-order valence-electron chi connectivity index (χ1n) is 7.94. The van der Waals surface area contributed by atoms with Crippen LogP contribution in [-0.2, 0) is 0 Å². The van der Waals surface area contributed by atoms with Crippen LogP contribution >= 0.6 is 0 Å². The molecule has 0 saturated heterocycles. The summed E-state index contributed by atoms with van der Waals surface area (Å²) in [6.45, 7) is 1.94. The van der Waals surface area contributed by atoms with Crippen molar-refractivity contribution < 1.29 is 19.0 Å². The number of hydrogen-bond acceptors (Lipinski definition) is 4. The first kappa shape index (κ1) is 15.3. The summed E-state index contributed by atoms with van der Waals surface area (Å²) in [5, 5.41) is 1.08. The van der Waals surface area contributed by atoms with Gasteiger partial charge < -0.3 is 19.2 Å². The van der Waals surface area contributed by atoms with Crippen LogP contribution in [0.1, 0.15) is 22.8 Å². The number of H-pyrrole nitrogens is 1. The zero-order valence-corrected chi connectivity index (χ0v) is 14.0. The molecule has 126 valence electrons. The van der Waals surface area contributed by atoms with Crippen LogP contribution in [0.4, 0.5) is 0 Å². The summed E-state index contributed by atoms with van der Waals surface area (Å²) >= 11 is 0. The highest BCUT2D eigenvalue weighted by Gasteiger charge is 2.22. The van der Waals surface area contributed by atoms with Crippen LogP contribution in [0.2, 0.25) is 0 Å². The molecule has 3 aromatic rings. The number of aromatic amines is 1. The zero-order valence-electron chi connectivity index (χ0n) is 14.0. The molecule has 4 rings (SSSR count). The summed E-state index contributed by atoms with van der Waals surface area (Å²) in [5.74, 6) is 1.49. The van der Waals surface area contributed by atoms with E-state index in [1.165, 1.54) is 0 Å². The number of carbonyl (C=O) groups excluding carboxylic acids is 1. The van der Waals surface area contributed by atoms with Crippen LogP contribution in [0.25, 0.3) is 17.0 Å². The second kappa shape index (κ2) is 6.02. The van der Waals surface area contributed by atoms with E-state index in [2.05, 4.69) is 4.98 Å². The lowest BCUT2D eigenvalue weighted by molar-refractivity contribution is 0.103. The normalized spacial score (nSPS) is 13.3. The highest BCUT2D eigenvalue weighted by atomic mass is 16.7. The molecule has 0 saturated carbocycles. The molecule has 2 aromatic carbocycles. The molecule has 0 amide bonds. The molecule has 0 fully saturated rings. The number of methoxy groups -OCH3 is 1. The number of ketones is 1. The Bertz CT molecular complexity index is 1000. The van der Waals surface area contributed by atoms with Crippen LogP contribution < -0.4 is 14.2 Å². The van der Waals surface area contributed by atoms with Crippen molar-refractivity contribution in [2.24, 2.45) is 0 Å². The number of ether oxygens (including phenoxy) is 3. The van der Waals surface area contributed by atoms with E-state index in [1.54, 1.807) is 26.2 Å². The number of hydrogen-bond donors (Lipinski definition) is 1. The van der Waals surface area contributed by atoms with E-state index in [0.29, 0.717) is 28.4 Å². The molecule has 0 aliphatic carbocycles. The number of Topliss-reactive ketones (excluding diaryl/α,β-unsaturated/α-hetero) is 1. The van der Waals surface area contributed by atoms with Crippen molar-refractivity contribution in [2.45, 2.75) is 6.92 Å². The number of nitrogens with one attached hydrogen (secondary N) is 1. The van der Waals surface area contributed by atoms with Gasteiger partial charge >= 0.3 is 0 Å². The minimum Gasteiger partial charge on any atom is -0.493 e. The lowest BCUT2D eigenvalue weighted by Crippen LogP contribution is -2.01. The summed E-state index contributed by atoms with van der Waals surface area (Å²) in [5.41, 5.74) is 3.16. The Kier molecular flexibility index (Phi) is 3.69. The van der Waals surface area contributed by atoms with Gasteiger partial charge in [0.2, 0.25) is 12.5 Å². The Morgan fingerprint density at radius 3 is 2.92 bits per heavy atom. The van der Waals surface area contributed by atoms with E-state index in [0.717, 1.165) is 16.5 Å². The van der Waals surface area contributed by atoms with E-state index in [9.17, 15) is 4.79 Å². The van der Waals surface area contributed by atoms with Crippen LogP contribution in [0, 0.1) is 0 Å². The van der Waals surface area contributed by atoms with Gasteiger partial charge in [0.05, 0.1) is 7.11 Å². The van der Waals surface area contributed by atoms with Gasteiger partial charge in [0.1, 0.15) is 0 Å². The topological polar surface area (TPSA) is 60.6 Å². The summed E-state index contributed by atoms with van der Waals surface area (Å²) in [4.78, 5) is 16.1. The molecule has 5 nitrogen and oxygen atoms in total. The summed E-state index contributed by atoms with van der Waals surface area (Å²) in [6, 6.07) is 11.4. The molecular formula is C20H17NO4. The fourth-order valence-electron chi connectivity index (χ4n) is 3.00. The molecule has 2 heterocycles.